The quantitative estimate of drug-likeness (QED) is 0.558. The average molecular weight is 416 g/mol. The summed E-state index contributed by atoms with van der Waals surface area (Å²) in [7, 11) is 0. The zero-order chi connectivity index (χ0) is 22.3. The van der Waals surface area contributed by atoms with E-state index in [4.69, 9.17) is 5.73 Å². The fraction of sp³-hybridized carbons (Fsp3) is 0.731. The van der Waals surface area contributed by atoms with Crippen molar-refractivity contribution in [1.82, 2.24) is 9.80 Å². The lowest BCUT2D eigenvalue weighted by molar-refractivity contribution is -0.124. The maximum Gasteiger partial charge on any atom is 0.228 e. The predicted octanol–water partition coefficient (Wildman–Crippen LogP) is 4.92. The molecule has 1 unspecified atom stereocenters. The van der Waals surface area contributed by atoms with Gasteiger partial charge in [-0.2, -0.15) is 0 Å². The van der Waals surface area contributed by atoms with E-state index in [-0.39, 0.29) is 5.91 Å². The van der Waals surface area contributed by atoms with Crippen LogP contribution in [-0.4, -0.2) is 54.0 Å². The fourth-order valence-corrected chi connectivity index (χ4v) is 4.95. The number of benzene rings is 1. The lowest BCUT2D eigenvalue weighted by atomic mass is 9.73. The highest BCUT2D eigenvalue weighted by molar-refractivity contribution is 5.86. The standard InChI is InChI=1S/C26H45N3O/c1-20(2)23-10-12-24(13-11-23)26(25(27)30,14-18-28-16-8-7-9-17-28)15-19-29(21(3)4)22(5)6/h10-13,20-22H,7-9,14-19H2,1-6H3,(H2,27,30). The van der Waals surface area contributed by atoms with Gasteiger partial charge in [0.15, 0.2) is 0 Å². The summed E-state index contributed by atoms with van der Waals surface area (Å²) in [5.41, 5.74) is 7.96. The van der Waals surface area contributed by atoms with Crippen LogP contribution >= 0.6 is 0 Å². The van der Waals surface area contributed by atoms with Crippen LogP contribution in [0.3, 0.4) is 0 Å². The average Bonchev–Trinajstić information content (AvgIpc) is 2.70. The Bertz CT molecular complexity index is 639. The van der Waals surface area contributed by atoms with Crippen LogP contribution in [0.5, 0.6) is 0 Å². The van der Waals surface area contributed by atoms with E-state index < -0.39 is 5.41 Å². The number of nitrogens with two attached hydrogens (primary N) is 1. The molecule has 1 heterocycles. The normalized spacial score (nSPS) is 17.8. The number of hydrogen-bond donors (Lipinski definition) is 1. The highest BCUT2D eigenvalue weighted by Gasteiger charge is 2.39. The minimum absolute atomic E-state index is 0.177. The molecule has 1 amide bonds. The van der Waals surface area contributed by atoms with Gasteiger partial charge in [-0.05, 0) is 90.1 Å². The summed E-state index contributed by atoms with van der Waals surface area (Å²) in [5.74, 6) is 0.303. The molecular weight excluding hydrogens is 370 g/mol. The number of carbonyl (C=O) groups is 1. The molecule has 2 N–H and O–H groups in total. The van der Waals surface area contributed by atoms with Crippen LogP contribution in [0.2, 0.25) is 0 Å². The second-order valence-corrected chi connectivity index (χ2v) is 10.1. The zero-order valence-electron chi connectivity index (χ0n) is 20.3. The van der Waals surface area contributed by atoms with Crippen molar-refractivity contribution in [2.45, 2.75) is 97.1 Å². The molecule has 0 saturated carbocycles. The van der Waals surface area contributed by atoms with Gasteiger partial charge in [0.1, 0.15) is 0 Å². The molecule has 170 valence electrons. The van der Waals surface area contributed by atoms with Crippen molar-refractivity contribution in [1.29, 1.82) is 0 Å². The SMILES string of the molecule is CC(C)c1ccc(C(CCN2CCCCC2)(CCN(C(C)C)C(C)C)C(N)=O)cc1. The van der Waals surface area contributed by atoms with Crippen molar-refractivity contribution in [3.8, 4) is 0 Å². The smallest absolute Gasteiger partial charge is 0.228 e. The summed E-state index contributed by atoms with van der Waals surface area (Å²) < 4.78 is 0. The molecule has 1 saturated heterocycles. The summed E-state index contributed by atoms with van der Waals surface area (Å²) >= 11 is 0. The Labute approximate surface area is 185 Å². The molecule has 1 aromatic rings. The lowest BCUT2D eigenvalue weighted by Gasteiger charge is -2.38. The van der Waals surface area contributed by atoms with Gasteiger partial charge in [0, 0.05) is 18.6 Å². The fourth-order valence-electron chi connectivity index (χ4n) is 4.95. The van der Waals surface area contributed by atoms with Crippen molar-refractivity contribution >= 4 is 5.91 Å². The third kappa shape index (κ3) is 6.31. The molecule has 0 radical (unpaired) electrons. The number of carbonyl (C=O) groups excluding carboxylic acids is 1. The second-order valence-electron chi connectivity index (χ2n) is 10.1. The highest BCUT2D eigenvalue weighted by Crippen LogP contribution is 2.34. The summed E-state index contributed by atoms with van der Waals surface area (Å²) in [6.45, 7) is 17.5. The minimum Gasteiger partial charge on any atom is -0.369 e. The number of rotatable bonds is 11. The lowest BCUT2D eigenvalue weighted by Crippen LogP contribution is -2.48. The molecule has 1 aliphatic heterocycles. The monoisotopic (exact) mass is 415 g/mol. The van der Waals surface area contributed by atoms with Gasteiger partial charge in [0.25, 0.3) is 0 Å². The zero-order valence-corrected chi connectivity index (χ0v) is 20.3. The van der Waals surface area contributed by atoms with Gasteiger partial charge in [-0.1, -0.05) is 44.5 Å². The Morgan fingerprint density at radius 3 is 2.00 bits per heavy atom. The minimum atomic E-state index is -0.616. The van der Waals surface area contributed by atoms with E-state index in [2.05, 4.69) is 75.6 Å². The van der Waals surface area contributed by atoms with E-state index in [0.29, 0.717) is 18.0 Å². The molecular formula is C26H45N3O. The first-order chi connectivity index (χ1) is 14.2. The van der Waals surface area contributed by atoms with E-state index in [1.807, 2.05) is 0 Å². The van der Waals surface area contributed by atoms with Crippen LogP contribution in [0.1, 0.15) is 90.7 Å². The van der Waals surface area contributed by atoms with Gasteiger partial charge in [-0.25, -0.2) is 0 Å². The number of hydrogen-bond acceptors (Lipinski definition) is 3. The number of amides is 1. The summed E-state index contributed by atoms with van der Waals surface area (Å²) in [6.07, 6.45) is 5.43. The number of likely N-dealkylation sites (tertiary alicyclic amines) is 1. The molecule has 4 heteroatoms. The molecule has 0 aromatic heterocycles. The van der Waals surface area contributed by atoms with Gasteiger partial charge in [-0.15, -0.1) is 0 Å². The van der Waals surface area contributed by atoms with Crippen LogP contribution < -0.4 is 5.73 Å². The van der Waals surface area contributed by atoms with Gasteiger partial charge >= 0.3 is 0 Å². The summed E-state index contributed by atoms with van der Waals surface area (Å²) in [4.78, 5) is 18.0. The van der Waals surface area contributed by atoms with Crippen molar-refractivity contribution in [2.75, 3.05) is 26.2 Å². The van der Waals surface area contributed by atoms with Gasteiger partial charge in [0.05, 0.1) is 5.41 Å². The predicted molar refractivity (Wildman–Crippen MR) is 128 cm³/mol. The van der Waals surface area contributed by atoms with E-state index in [1.54, 1.807) is 0 Å². The number of piperidine rings is 1. The van der Waals surface area contributed by atoms with Gasteiger partial charge in [-0.3, -0.25) is 9.69 Å². The molecule has 1 aromatic carbocycles. The van der Waals surface area contributed by atoms with Crippen molar-refractivity contribution in [3.63, 3.8) is 0 Å². The summed E-state index contributed by atoms with van der Waals surface area (Å²) in [6, 6.07) is 9.57. The first-order valence-corrected chi connectivity index (χ1v) is 12.1. The van der Waals surface area contributed by atoms with E-state index in [0.717, 1.165) is 44.6 Å². The third-order valence-corrected chi connectivity index (χ3v) is 7.03. The van der Waals surface area contributed by atoms with Gasteiger partial charge in [0.2, 0.25) is 5.91 Å². The molecule has 1 atom stereocenters. The van der Waals surface area contributed by atoms with E-state index in [1.165, 1.54) is 24.8 Å². The second kappa shape index (κ2) is 11.3. The molecule has 4 nitrogen and oxygen atoms in total. The van der Waals surface area contributed by atoms with E-state index >= 15 is 0 Å². The third-order valence-electron chi connectivity index (χ3n) is 7.03. The first kappa shape index (κ1) is 24.9. The van der Waals surface area contributed by atoms with Crippen LogP contribution in [0.4, 0.5) is 0 Å². The Balaban J connectivity index is 2.32. The first-order valence-electron chi connectivity index (χ1n) is 12.1. The highest BCUT2D eigenvalue weighted by atomic mass is 16.1. The van der Waals surface area contributed by atoms with Crippen molar-refractivity contribution < 1.29 is 4.79 Å². The van der Waals surface area contributed by atoms with Gasteiger partial charge < -0.3 is 10.6 Å². The number of nitrogens with zero attached hydrogens (tertiary/aromatic N) is 2. The van der Waals surface area contributed by atoms with Crippen molar-refractivity contribution in [2.24, 2.45) is 5.73 Å². The van der Waals surface area contributed by atoms with Crippen LogP contribution in [0, 0.1) is 0 Å². The molecule has 2 rings (SSSR count). The molecule has 0 aliphatic carbocycles. The van der Waals surface area contributed by atoms with Crippen LogP contribution in [0.15, 0.2) is 24.3 Å². The Kier molecular flexibility index (Phi) is 9.36. The maximum atomic E-state index is 13.1. The summed E-state index contributed by atoms with van der Waals surface area (Å²) in [5, 5.41) is 0. The maximum absolute atomic E-state index is 13.1. The molecule has 0 bridgehead atoms. The largest absolute Gasteiger partial charge is 0.369 e. The Morgan fingerprint density at radius 1 is 0.967 bits per heavy atom. The Morgan fingerprint density at radius 2 is 1.53 bits per heavy atom. The van der Waals surface area contributed by atoms with Crippen molar-refractivity contribution in [3.05, 3.63) is 35.4 Å². The molecule has 1 aliphatic rings. The van der Waals surface area contributed by atoms with E-state index in [9.17, 15) is 4.79 Å². The Hall–Kier alpha value is -1.39. The topological polar surface area (TPSA) is 49.6 Å². The van der Waals surface area contributed by atoms with Crippen LogP contribution in [-0.2, 0) is 10.2 Å². The number of primary amides is 1. The molecule has 0 spiro atoms. The van der Waals surface area contributed by atoms with Crippen LogP contribution in [0.25, 0.3) is 0 Å². The molecule has 1 fully saturated rings. The molecule has 30 heavy (non-hydrogen) atoms.